The first-order valence-corrected chi connectivity index (χ1v) is 7.37. The molecule has 0 radical (unpaired) electrons. The summed E-state index contributed by atoms with van der Waals surface area (Å²) < 4.78 is 5.78. The Kier molecular flexibility index (Phi) is 7.42. The summed E-state index contributed by atoms with van der Waals surface area (Å²) in [5.74, 6) is 0.796. The number of carbonyl (C=O) groups is 1. The van der Waals surface area contributed by atoms with Crippen molar-refractivity contribution in [2.24, 2.45) is 0 Å². The van der Waals surface area contributed by atoms with E-state index in [1.807, 2.05) is 50.2 Å². The molecule has 0 bridgehead atoms. The molecule has 0 spiro atoms. The van der Waals surface area contributed by atoms with Gasteiger partial charge in [0.2, 0.25) is 5.91 Å². The lowest BCUT2D eigenvalue weighted by atomic mass is 10.1. The van der Waals surface area contributed by atoms with E-state index in [2.05, 4.69) is 5.32 Å². The number of nitrogen functional groups attached to an aromatic ring is 1. The number of nitrogens with one attached hydrogen (secondary N) is 1. The predicted molar refractivity (Wildman–Crippen MR) is 96.1 cm³/mol. The van der Waals surface area contributed by atoms with Crippen LogP contribution in [0.3, 0.4) is 0 Å². The second-order valence-corrected chi connectivity index (χ2v) is 5.47. The van der Waals surface area contributed by atoms with Crippen molar-refractivity contribution in [3.05, 3.63) is 59.7 Å². The number of carbonyl (C=O) groups excluding carboxylic acids is 1. The van der Waals surface area contributed by atoms with Crippen LogP contribution >= 0.6 is 12.4 Å². The number of amides is 1. The number of ether oxygens (including phenoxy) is 1. The minimum atomic E-state index is -0.0860. The smallest absolute Gasteiger partial charge is 0.224 e. The van der Waals surface area contributed by atoms with Gasteiger partial charge >= 0.3 is 0 Å². The van der Waals surface area contributed by atoms with Gasteiger partial charge in [-0.1, -0.05) is 24.3 Å². The lowest BCUT2D eigenvalue weighted by molar-refractivity contribution is -0.120. The summed E-state index contributed by atoms with van der Waals surface area (Å²) in [5, 5.41) is 2.89. The van der Waals surface area contributed by atoms with Crippen LogP contribution in [0.4, 0.5) is 5.69 Å². The molecule has 5 heteroatoms. The van der Waals surface area contributed by atoms with E-state index in [1.165, 1.54) is 0 Å². The van der Waals surface area contributed by atoms with Gasteiger partial charge in [-0.25, -0.2) is 0 Å². The Balaban J connectivity index is 0.00000264. The Hall–Kier alpha value is -2.20. The van der Waals surface area contributed by atoms with Gasteiger partial charge in [-0.05, 0) is 49.2 Å². The van der Waals surface area contributed by atoms with Crippen molar-refractivity contribution >= 4 is 24.0 Å². The van der Waals surface area contributed by atoms with E-state index < -0.39 is 0 Å². The molecule has 2 aromatic carbocycles. The maximum absolute atomic E-state index is 11.9. The van der Waals surface area contributed by atoms with Crippen LogP contribution in [0.15, 0.2) is 48.5 Å². The van der Waals surface area contributed by atoms with Crippen LogP contribution in [0.1, 0.15) is 18.1 Å². The van der Waals surface area contributed by atoms with Gasteiger partial charge in [-0.2, -0.15) is 0 Å². The van der Waals surface area contributed by atoms with E-state index in [0.717, 1.165) is 16.9 Å². The van der Waals surface area contributed by atoms with E-state index in [0.29, 0.717) is 18.7 Å². The van der Waals surface area contributed by atoms with Crippen LogP contribution < -0.4 is 15.8 Å². The molecule has 0 aliphatic carbocycles. The highest BCUT2D eigenvalue weighted by Crippen LogP contribution is 2.14. The van der Waals surface area contributed by atoms with Crippen LogP contribution in [0.5, 0.6) is 5.75 Å². The molecule has 1 amide bonds. The molecular weight excluding hydrogens is 312 g/mol. The molecule has 2 aromatic rings. The fourth-order valence-electron chi connectivity index (χ4n) is 2.10. The van der Waals surface area contributed by atoms with Crippen molar-refractivity contribution in [2.45, 2.75) is 26.4 Å². The van der Waals surface area contributed by atoms with Gasteiger partial charge in [-0.3, -0.25) is 4.79 Å². The highest BCUT2D eigenvalue weighted by Gasteiger charge is 2.08. The van der Waals surface area contributed by atoms with Crippen molar-refractivity contribution in [3.63, 3.8) is 0 Å². The molecule has 3 N–H and O–H groups in total. The molecule has 0 saturated heterocycles. The minimum absolute atomic E-state index is 0. The summed E-state index contributed by atoms with van der Waals surface area (Å²) in [5.41, 5.74) is 8.41. The Bertz CT molecular complexity index is 629. The molecule has 0 aliphatic heterocycles. The molecule has 0 aromatic heterocycles. The normalized spacial score (nSPS) is 11.2. The fourth-order valence-corrected chi connectivity index (χ4v) is 2.10. The maximum atomic E-state index is 11.9. The fraction of sp³-hybridized carbons (Fsp3) is 0.278. The van der Waals surface area contributed by atoms with E-state index in [-0.39, 0.29) is 24.4 Å². The SMILES string of the molecule is Cc1cccc(OC(C)CNC(=O)Cc2ccc(N)cc2)c1.Cl. The second-order valence-electron chi connectivity index (χ2n) is 5.47. The van der Waals surface area contributed by atoms with Crippen LogP contribution in [-0.4, -0.2) is 18.6 Å². The van der Waals surface area contributed by atoms with Gasteiger partial charge in [0.15, 0.2) is 0 Å². The van der Waals surface area contributed by atoms with Crippen molar-refractivity contribution in [3.8, 4) is 5.75 Å². The molecule has 0 fully saturated rings. The third-order valence-electron chi connectivity index (χ3n) is 3.26. The molecule has 0 heterocycles. The van der Waals surface area contributed by atoms with Crippen LogP contribution in [0.25, 0.3) is 0 Å². The molecule has 0 aliphatic rings. The van der Waals surface area contributed by atoms with Gasteiger partial charge in [0.05, 0.1) is 13.0 Å². The summed E-state index contributed by atoms with van der Waals surface area (Å²) >= 11 is 0. The minimum Gasteiger partial charge on any atom is -0.489 e. The summed E-state index contributed by atoms with van der Waals surface area (Å²) in [6.45, 7) is 4.43. The van der Waals surface area contributed by atoms with E-state index in [4.69, 9.17) is 10.5 Å². The topological polar surface area (TPSA) is 64.3 Å². The van der Waals surface area contributed by atoms with Crippen LogP contribution in [-0.2, 0) is 11.2 Å². The van der Waals surface area contributed by atoms with Crippen molar-refractivity contribution < 1.29 is 9.53 Å². The average molecular weight is 335 g/mol. The maximum Gasteiger partial charge on any atom is 0.224 e. The Labute approximate surface area is 143 Å². The number of benzene rings is 2. The zero-order valence-electron chi connectivity index (χ0n) is 13.4. The monoisotopic (exact) mass is 334 g/mol. The van der Waals surface area contributed by atoms with Gasteiger partial charge in [0.1, 0.15) is 11.9 Å². The standard InChI is InChI=1S/C18H22N2O2.ClH/c1-13-4-3-5-17(10-13)22-14(2)12-20-18(21)11-15-6-8-16(19)9-7-15;/h3-10,14H,11-12,19H2,1-2H3,(H,20,21);1H. The summed E-state index contributed by atoms with van der Waals surface area (Å²) in [7, 11) is 0. The molecule has 0 saturated carbocycles. The summed E-state index contributed by atoms with van der Waals surface area (Å²) in [6, 6.07) is 15.2. The van der Waals surface area contributed by atoms with E-state index >= 15 is 0 Å². The van der Waals surface area contributed by atoms with Crippen molar-refractivity contribution in [2.75, 3.05) is 12.3 Å². The number of halogens is 1. The predicted octanol–water partition coefficient (Wildman–Crippen LogP) is 3.13. The molecular formula is C18H23ClN2O2. The molecule has 4 nitrogen and oxygen atoms in total. The zero-order chi connectivity index (χ0) is 15.9. The summed E-state index contributed by atoms with van der Waals surface area (Å²) in [4.78, 5) is 11.9. The van der Waals surface area contributed by atoms with Crippen molar-refractivity contribution in [1.29, 1.82) is 0 Å². The molecule has 124 valence electrons. The number of rotatable bonds is 6. The highest BCUT2D eigenvalue weighted by atomic mass is 35.5. The number of aryl methyl sites for hydroxylation is 1. The average Bonchev–Trinajstić information content (AvgIpc) is 2.48. The van der Waals surface area contributed by atoms with Crippen LogP contribution in [0.2, 0.25) is 0 Å². The van der Waals surface area contributed by atoms with Gasteiger partial charge in [0, 0.05) is 5.69 Å². The molecule has 23 heavy (non-hydrogen) atoms. The first-order valence-electron chi connectivity index (χ1n) is 7.37. The molecule has 1 unspecified atom stereocenters. The number of hydrogen-bond donors (Lipinski definition) is 2. The quantitative estimate of drug-likeness (QED) is 0.798. The second kappa shape index (κ2) is 9.06. The highest BCUT2D eigenvalue weighted by molar-refractivity contribution is 5.85. The first kappa shape index (κ1) is 18.8. The third-order valence-corrected chi connectivity index (χ3v) is 3.26. The number of hydrogen-bond acceptors (Lipinski definition) is 3. The lowest BCUT2D eigenvalue weighted by Crippen LogP contribution is -2.34. The number of nitrogens with two attached hydrogens (primary N) is 1. The Morgan fingerprint density at radius 3 is 2.57 bits per heavy atom. The first-order chi connectivity index (χ1) is 10.5. The van der Waals surface area contributed by atoms with Crippen LogP contribution in [0, 0.1) is 6.92 Å². The molecule has 1 atom stereocenters. The largest absolute Gasteiger partial charge is 0.489 e. The number of anilines is 1. The van der Waals surface area contributed by atoms with Gasteiger partial charge in [-0.15, -0.1) is 12.4 Å². The summed E-state index contributed by atoms with van der Waals surface area (Å²) in [6.07, 6.45) is 0.259. The Morgan fingerprint density at radius 2 is 1.91 bits per heavy atom. The van der Waals surface area contributed by atoms with E-state index in [9.17, 15) is 4.79 Å². The van der Waals surface area contributed by atoms with E-state index in [1.54, 1.807) is 12.1 Å². The zero-order valence-corrected chi connectivity index (χ0v) is 14.2. The van der Waals surface area contributed by atoms with Crippen molar-refractivity contribution in [1.82, 2.24) is 5.32 Å². The molecule has 2 rings (SSSR count). The van der Waals surface area contributed by atoms with Gasteiger partial charge in [0.25, 0.3) is 0 Å². The Morgan fingerprint density at radius 1 is 1.22 bits per heavy atom. The third kappa shape index (κ3) is 6.61. The van der Waals surface area contributed by atoms with Gasteiger partial charge < -0.3 is 15.8 Å². The lowest BCUT2D eigenvalue weighted by Gasteiger charge is -2.16.